The van der Waals surface area contributed by atoms with Crippen LogP contribution in [0.3, 0.4) is 0 Å². The van der Waals surface area contributed by atoms with Crippen LogP contribution < -0.4 is 14.4 Å². The van der Waals surface area contributed by atoms with Crippen molar-refractivity contribution >= 4 is 43.2 Å². The predicted octanol–water partition coefficient (Wildman–Crippen LogP) is 3.49. The van der Waals surface area contributed by atoms with Gasteiger partial charge < -0.3 is 15.2 Å². The van der Waals surface area contributed by atoms with Gasteiger partial charge in [-0.25, -0.2) is 8.42 Å². The van der Waals surface area contributed by atoms with E-state index in [9.17, 15) is 18.3 Å². The van der Waals surface area contributed by atoms with E-state index in [-0.39, 0.29) is 29.5 Å². The molecule has 1 heterocycles. The van der Waals surface area contributed by atoms with Gasteiger partial charge in [0.25, 0.3) is 0 Å². The zero-order chi connectivity index (χ0) is 20.1. The maximum Gasteiger partial charge on any atom is 0.235 e. The van der Waals surface area contributed by atoms with E-state index in [0.29, 0.717) is 37.4 Å². The number of amides is 1. The number of hydrogen-bond donors (Lipinski definition) is 2. The molecule has 2 aromatic rings. The smallest absolute Gasteiger partial charge is 0.235 e. The third kappa shape index (κ3) is 4.96. The number of ether oxygens (including phenoxy) is 1. The van der Waals surface area contributed by atoms with Gasteiger partial charge in [-0.3, -0.25) is 9.10 Å². The number of benzene rings is 2. The highest BCUT2D eigenvalue weighted by Gasteiger charge is 2.28. The number of aromatic hydroxyl groups is 1. The van der Waals surface area contributed by atoms with Crippen LogP contribution in [0, 0.1) is 0 Å². The van der Waals surface area contributed by atoms with Gasteiger partial charge >= 0.3 is 0 Å². The second kappa shape index (κ2) is 8.83. The molecular formula is C19H21BrN2O5S. The van der Waals surface area contributed by atoms with Gasteiger partial charge in [0.2, 0.25) is 15.9 Å². The fourth-order valence-corrected chi connectivity index (χ4v) is 4.85. The van der Waals surface area contributed by atoms with E-state index in [1.54, 1.807) is 0 Å². The van der Waals surface area contributed by atoms with Crippen LogP contribution in [0.2, 0.25) is 0 Å². The first-order valence-electron chi connectivity index (χ1n) is 8.87. The van der Waals surface area contributed by atoms with Gasteiger partial charge in [-0.2, -0.15) is 0 Å². The number of para-hydroxylation sites is 1. The number of anilines is 2. The zero-order valence-corrected chi connectivity index (χ0v) is 17.5. The fourth-order valence-electron chi connectivity index (χ4n) is 2.90. The second-order valence-electron chi connectivity index (χ2n) is 6.37. The minimum absolute atomic E-state index is 0.104. The van der Waals surface area contributed by atoms with Crippen molar-refractivity contribution in [2.45, 2.75) is 19.3 Å². The van der Waals surface area contributed by atoms with Crippen molar-refractivity contribution < 1.29 is 23.1 Å². The van der Waals surface area contributed by atoms with Gasteiger partial charge in [0, 0.05) is 13.0 Å². The van der Waals surface area contributed by atoms with Crippen LogP contribution in [0.4, 0.5) is 11.4 Å². The summed E-state index contributed by atoms with van der Waals surface area (Å²) in [6.45, 7) is 0.765. The van der Waals surface area contributed by atoms with Crippen molar-refractivity contribution in [3.8, 4) is 11.5 Å². The standard InChI is InChI=1S/C19H21BrN2O5S/c20-15-5-1-2-6-18(15)27-11-3-7-19(24)21-16-13-14(8-9-17(16)23)22-10-4-12-28(22,25)26/h1-2,5-6,8-9,13,23H,3-4,7,10-12H2,(H,21,24). The van der Waals surface area contributed by atoms with Crippen LogP contribution in [-0.2, 0) is 14.8 Å². The maximum absolute atomic E-state index is 12.2. The summed E-state index contributed by atoms with van der Waals surface area (Å²) < 4.78 is 31.9. The molecule has 0 atom stereocenters. The summed E-state index contributed by atoms with van der Waals surface area (Å²) in [5, 5.41) is 12.6. The van der Waals surface area contributed by atoms with Crippen molar-refractivity contribution in [3.05, 3.63) is 46.9 Å². The quantitative estimate of drug-likeness (QED) is 0.478. The van der Waals surface area contributed by atoms with Crippen LogP contribution >= 0.6 is 15.9 Å². The summed E-state index contributed by atoms with van der Waals surface area (Å²) in [5.41, 5.74) is 0.624. The summed E-state index contributed by atoms with van der Waals surface area (Å²) in [6.07, 6.45) is 1.26. The number of nitrogens with one attached hydrogen (secondary N) is 1. The Morgan fingerprint density at radius 2 is 2.04 bits per heavy atom. The highest BCUT2D eigenvalue weighted by Crippen LogP contribution is 2.32. The third-order valence-corrected chi connectivity index (χ3v) is 6.81. The van der Waals surface area contributed by atoms with Crippen LogP contribution in [0.25, 0.3) is 0 Å². The van der Waals surface area contributed by atoms with Crippen LogP contribution in [0.1, 0.15) is 19.3 Å². The van der Waals surface area contributed by atoms with Crippen molar-refractivity contribution in [2.24, 2.45) is 0 Å². The molecule has 1 aliphatic rings. The van der Waals surface area contributed by atoms with E-state index in [1.807, 2.05) is 24.3 Å². The number of hydrogen-bond acceptors (Lipinski definition) is 5. The average Bonchev–Trinajstić information content (AvgIpc) is 3.01. The zero-order valence-electron chi connectivity index (χ0n) is 15.1. The maximum atomic E-state index is 12.2. The van der Waals surface area contributed by atoms with E-state index in [2.05, 4.69) is 21.2 Å². The molecule has 0 radical (unpaired) electrons. The van der Waals surface area contributed by atoms with Crippen LogP contribution in [0.5, 0.6) is 11.5 Å². The summed E-state index contributed by atoms with van der Waals surface area (Å²) in [6, 6.07) is 11.8. The molecule has 1 fully saturated rings. The second-order valence-corrected chi connectivity index (χ2v) is 9.24. The van der Waals surface area contributed by atoms with E-state index in [0.717, 1.165) is 4.47 Å². The Labute approximate surface area is 172 Å². The summed E-state index contributed by atoms with van der Waals surface area (Å²) in [4.78, 5) is 12.2. The van der Waals surface area contributed by atoms with Crippen LogP contribution in [-0.4, -0.2) is 38.3 Å². The van der Waals surface area contributed by atoms with E-state index in [1.165, 1.54) is 22.5 Å². The van der Waals surface area contributed by atoms with Gasteiger partial charge in [-0.05, 0) is 59.1 Å². The molecule has 28 heavy (non-hydrogen) atoms. The SMILES string of the molecule is O=C(CCCOc1ccccc1Br)Nc1cc(N2CCCS2(=O)=O)ccc1O. The van der Waals surface area contributed by atoms with Gasteiger partial charge in [0.15, 0.2) is 0 Å². The average molecular weight is 469 g/mol. The molecule has 0 aromatic heterocycles. The first kappa shape index (κ1) is 20.5. The van der Waals surface area contributed by atoms with Gasteiger partial charge in [-0.1, -0.05) is 12.1 Å². The Morgan fingerprint density at radius 1 is 1.25 bits per heavy atom. The number of carbonyl (C=O) groups is 1. The number of carbonyl (C=O) groups excluding carboxylic acids is 1. The Kier molecular flexibility index (Phi) is 6.46. The first-order chi connectivity index (χ1) is 13.4. The molecule has 1 amide bonds. The van der Waals surface area contributed by atoms with Crippen molar-refractivity contribution in [1.82, 2.24) is 0 Å². The van der Waals surface area contributed by atoms with Crippen molar-refractivity contribution in [2.75, 3.05) is 28.5 Å². The lowest BCUT2D eigenvalue weighted by Gasteiger charge is -2.18. The molecule has 1 aliphatic heterocycles. The number of phenols is 1. The summed E-state index contributed by atoms with van der Waals surface area (Å²) in [5.74, 6) is 0.415. The highest BCUT2D eigenvalue weighted by atomic mass is 79.9. The third-order valence-electron chi connectivity index (χ3n) is 4.28. The molecule has 0 saturated carbocycles. The molecular weight excluding hydrogens is 448 g/mol. The lowest BCUT2D eigenvalue weighted by Crippen LogP contribution is -2.25. The van der Waals surface area contributed by atoms with Crippen molar-refractivity contribution in [1.29, 1.82) is 0 Å². The number of nitrogens with zero attached hydrogens (tertiary/aromatic N) is 1. The normalized spacial score (nSPS) is 15.4. The Bertz CT molecular complexity index is 965. The topological polar surface area (TPSA) is 95.9 Å². The molecule has 1 saturated heterocycles. The molecule has 3 rings (SSSR count). The first-order valence-corrected chi connectivity index (χ1v) is 11.3. The molecule has 0 unspecified atom stereocenters. The van der Waals surface area contributed by atoms with Gasteiger partial charge in [0.1, 0.15) is 11.5 Å². The van der Waals surface area contributed by atoms with Crippen molar-refractivity contribution in [3.63, 3.8) is 0 Å². The van der Waals surface area contributed by atoms with E-state index >= 15 is 0 Å². The molecule has 0 aliphatic carbocycles. The van der Waals surface area contributed by atoms with E-state index < -0.39 is 10.0 Å². The van der Waals surface area contributed by atoms with Gasteiger partial charge in [0.05, 0.1) is 28.2 Å². The molecule has 0 spiro atoms. The Hall–Kier alpha value is -2.26. The van der Waals surface area contributed by atoms with Gasteiger partial charge in [-0.15, -0.1) is 0 Å². The number of halogens is 1. The molecule has 9 heteroatoms. The molecule has 0 bridgehead atoms. The molecule has 7 nitrogen and oxygen atoms in total. The van der Waals surface area contributed by atoms with Crippen LogP contribution in [0.15, 0.2) is 46.9 Å². The largest absolute Gasteiger partial charge is 0.506 e. The Balaban J connectivity index is 1.55. The van der Waals surface area contributed by atoms with E-state index in [4.69, 9.17) is 4.74 Å². The highest BCUT2D eigenvalue weighted by molar-refractivity contribution is 9.10. The number of rotatable bonds is 7. The molecule has 2 aromatic carbocycles. The number of sulfonamides is 1. The monoisotopic (exact) mass is 468 g/mol. The predicted molar refractivity (Wildman–Crippen MR) is 111 cm³/mol. The minimum Gasteiger partial charge on any atom is -0.506 e. The number of phenolic OH excluding ortho intramolecular Hbond substituents is 1. The summed E-state index contributed by atoms with van der Waals surface area (Å²) in [7, 11) is -3.33. The minimum atomic E-state index is -3.33. The summed E-state index contributed by atoms with van der Waals surface area (Å²) >= 11 is 3.39. The lowest BCUT2D eigenvalue weighted by atomic mass is 10.2. The molecule has 2 N–H and O–H groups in total. The Morgan fingerprint density at radius 3 is 2.75 bits per heavy atom. The molecule has 150 valence electrons. The lowest BCUT2D eigenvalue weighted by molar-refractivity contribution is -0.116. The fraction of sp³-hybridized carbons (Fsp3) is 0.316.